The molecule has 1 fully saturated rings. The Balaban J connectivity index is 2.40. The van der Waals surface area contributed by atoms with Crippen LogP contribution in [0.4, 0.5) is 0 Å². The maximum atomic E-state index is 10.6. The van der Waals surface area contributed by atoms with Gasteiger partial charge in [0.2, 0.25) is 0 Å². The summed E-state index contributed by atoms with van der Waals surface area (Å²) in [6.07, 6.45) is 2.71. The number of hydrogen-bond donors (Lipinski definition) is 1. The molecule has 0 radical (unpaired) electrons. The van der Waals surface area contributed by atoms with Crippen molar-refractivity contribution in [1.82, 2.24) is 0 Å². The highest BCUT2D eigenvalue weighted by molar-refractivity contribution is 5.71. The van der Waals surface area contributed by atoms with E-state index in [4.69, 9.17) is 9.84 Å². The van der Waals surface area contributed by atoms with Crippen molar-refractivity contribution < 1.29 is 14.6 Å². The Morgan fingerprint density at radius 3 is 2.21 bits per heavy atom. The van der Waals surface area contributed by atoms with E-state index >= 15 is 0 Å². The van der Waals surface area contributed by atoms with Crippen molar-refractivity contribution >= 4 is 5.97 Å². The van der Waals surface area contributed by atoms with Gasteiger partial charge >= 0.3 is 5.97 Å². The van der Waals surface area contributed by atoms with E-state index < -0.39 is 12.1 Å². The van der Waals surface area contributed by atoms with Gasteiger partial charge in [0.15, 0.2) is 6.10 Å². The SMILES string of the molecule is CC1CC(C)CC(OC(C)C(=O)O)C1. The average Bonchev–Trinajstić information content (AvgIpc) is 2.01. The van der Waals surface area contributed by atoms with Crippen molar-refractivity contribution in [1.29, 1.82) is 0 Å². The van der Waals surface area contributed by atoms with E-state index in [0.29, 0.717) is 11.8 Å². The van der Waals surface area contributed by atoms with Gasteiger partial charge in [0.05, 0.1) is 6.10 Å². The van der Waals surface area contributed by atoms with E-state index in [0.717, 1.165) is 12.8 Å². The molecule has 3 unspecified atom stereocenters. The molecule has 0 aromatic rings. The molecule has 1 aliphatic rings. The van der Waals surface area contributed by atoms with E-state index in [2.05, 4.69) is 13.8 Å². The lowest BCUT2D eigenvalue weighted by Crippen LogP contribution is -2.32. The van der Waals surface area contributed by atoms with E-state index in [9.17, 15) is 4.79 Å². The quantitative estimate of drug-likeness (QED) is 0.760. The average molecular weight is 200 g/mol. The maximum Gasteiger partial charge on any atom is 0.332 e. The third kappa shape index (κ3) is 3.29. The first-order valence-electron chi connectivity index (χ1n) is 5.37. The third-order valence-electron chi connectivity index (χ3n) is 2.88. The van der Waals surface area contributed by atoms with Crippen LogP contribution < -0.4 is 0 Å². The van der Waals surface area contributed by atoms with Crippen molar-refractivity contribution in [2.24, 2.45) is 11.8 Å². The molecule has 82 valence electrons. The Morgan fingerprint density at radius 2 is 1.79 bits per heavy atom. The summed E-state index contributed by atoms with van der Waals surface area (Å²) in [6, 6.07) is 0. The number of hydrogen-bond acceptors (Lipinski definition) is 2. The topological polar surface area (TPSA) is 46.5 Å². The molecule has 1 rings (SSSR count). The largest absolute Gasteiger partial charge is 0.479 e. The minimum atomic E-state index is -0.865. The first-order chi connectivity index (χ1) is 6.49. The van der Waals surface area contributed by atoms with Crippen LogP contribution >= 0.6 is 0 Å². The van der Waals surface area contributed by atoms with Gasteiger partial charge in [0.25, 0.3) is 0 Å². The van der Waals surface area contributed by atoms with Gasteiger partial charge in [0.1, 0.15) is 0 Å². The lowest BCUT2D eigenvalue weighted by molar-refractivity contribution is -0.155. The molecular weight excluding hydrogens is 180 g/mol. The van der Waals surface area contributed by atoms with Gasteiger partial charge < -0.3 is 9.84 Å². The van der Waals surface area contributed by atoms with Crippen molar-refractivity contribution in [2.45, 2.75) is 52.2 Å². The highest BCUT2D eigenvalue weighted by atomic mass is 16.5. The molecular formula is C11H20O3. The van der Waals surface area contributed by atoms with E-state index in [-0.39, 0.29) is 6.10 Å². The summed E-state index contributed by atoms with van der Waals surface area (Å²) in [5, 5.41) is 8.72. The number of carboxylic acid groups (broad SMARTS) is 1. The maximum absolute atomic E-state index is 10.6. The molecule has 1 aliphatic carbocycles. The van der Waals surface area contributed by atoms with Gasteiger partial charge in [-0.05, 0) is 38.0 Å². The van der Waals surface area contributed by atoms with Gasteiger partial charge in [-0.15, -0.1) is 0 Å². The Bertz CT molecular complexity index is 193. The fourth-order valence-corrected chi connectivity index (χ4v) is 2.33. The van der Waals surface area contributed by atoms with Crippen molar-refractivity contribution in [3.8, 4) is 0 Å². The van der Waals surface area contributed by atoms with Crippen molar-refractivity contribution in [2.75, 3.05) is 0 Å². The Hall–Kier alpha value is -0.570. The summed E-state index contributed by atoms with van der Waals surface area (Å²) < 4.78 is 5.49. The molecule has 14 heavy (non-hydrogen) atoms. The predicted molar refractivity (Wildman–Crippen MR) is 54.1 cm³/mol. The van der Waals surface area contributed by atoms with Crippen LogP contribution in [0.5, 0.6) is 0 Å². The fourth-order valence-electron chi connectivity index (χ4n) is 2.33. The van der Waals surface area contributed by atoms with Crippen LogP contribution in [0.15, 0.2) is 0 Å². The standard InChI is InChI=1S/C11H20O3/c1-7-4-8(2)6-10(5-7)14-9(3)11(12)13/h7-10H,4-6H2,1-3H3,(H,12,13). The van der Waals surface area contributed by atoms with Crippen LogP contribution in [0, 0.1) is 11.8 Å². The number of carboxylic acids is 1. The van der Waals surface area contributed by atoms with Crippen molar-refractivity contribution in [3.63, 3.8) is 0 Å². The smallest absolute Gasteiger partial charge is 0.332 e. The highest BCUT2D eigenvalue weighted by Crippen LogP contribution is 2.30. The number of rotatable bonds is 3. The Kier molecular flexibility index (Phi) is 3.93. The fraction of sp³-hybridized carbons (Fsp3) is 0.909. The van der Waals surface area contributed by atoms with E-state index in [1.807, 2.05) is 0 Å². The molecule has 0 aliphatic heterocycles. The van der Waals surface area contributed by atoms with Crippen molar-refractivity contribution in [3.05, 3.63) is 0 Å². The van der Waals surface area contributed by atoms with Crippen LogP contribution in [-0.4, -0.2) is 23.3 Å². The van der Waals surface area contributed by atoms with Crippen LogP contribution in [0.2, 0.25) is 0 Å². The number of ether oxygens (including phenoxy) is 1. The second kappa shape index (κ2) is 4.78. The summed E-state index contributed by atoms with van der Waals surface area (Å²) in [7, 11) is 0. The molecule has 0 spiro atoms. The molecule has 0 aromatic carbocycles. The zero-order chi connectivity index (χ0) is 10.7. The lowest BCUT2D eigenvalue weighted by atomic mass is 9.82. The summed E-state index contributed by atoms with van der Waals surface area (Å²) in [4.78, 5) is 10.6. The minimum Gasteiger partial charge on any atom is -0.479 e. The van der Waals surface area contributed by atoms with Gasteiger partial charge in [-0.1, -0.05) is 13.8 Å². The molecule has 0 bridgehead atoms. The van der Waals surface area contributed by atoms with Crippen LogP contribution in [0.25, 0.3) is 0 Å². The third-order valence-corrected chi connectivity index (χ3v) is 2.88. The molecule has 0 aromatic heterocycles. The summed E-state index contributed by atoms with van der Waals surface area (Å²) >= 11 is 0. The number of carbonyl (C=O) groups is 1. The lowest BCUT2D eigenvalue weighted by Gasteiger charge is -2.32. The molecule has 3 nitrogen and oxygen atoms in total. The zero-order valence-corrected chi connectivity index (χ0v) is 9.19. The second-order valence-electron chi connectivity index (χ2n) is 4.66. The van der Waals surface area contributed by atoms with Gasteiger partial charge in [-0.3, -0.25) is 0 Å². The van der Waals surface area contributed by atoms with Gasteiger partial charge in [0, 0.05) is 0 Å². The summed E-state index contributed by atoms with van der Waals surface area (Å²) in [5.74, 6) is 0.449. The number of aliphatic carboxylic acids is 1. The minimum absolute atomic E-state index is 0.139. The molecule has 1 saturated carbocycles. The van der Waals surface area contributed by atoms with Crippen LogP contribution in [0.3, 0.4) is 0 Å². The normalized spacial score (nSPS) is 35.2. The van der Waals surface area contributed by atoms with Crippen LogP contribution in [0.1, 0.15) is 40.0 Å². The molecule has 0 heterocycles. The zero-order valence-electron chi connectivity index (χ0n) is 9.19. The summed E-state index contributed by atoms with van der Waals surface area (Å²) in [5.41, 5.74) is 0. The first-order valence-corrected chi connectivity index (χ1v) is 5.37. The van der Waals surface area contributed by atoms with Gasteiger partial charge in [-0.2, -0.15) is 0 Å². The second-order valence-corrected chi connectivity index (χ2v) is 4.66. The van der Waals surface area contributed by atoms with E-state index in [1.165, 1.54) is 6.42 Å². The predicted octanol–water partition coefficient (Wildman–Crippen LogP) is 2.30. The first kappa shape index (κ1) is 11.5. The Labute approximate surface area is 85.5 Å². The Morgan fingerprint density at radius 1 is 1.29 bits per heavy atom. The monoisotopic (exact) mass is 200 g/mol. The molecule has 3 atom stereocenters. The molecule has 3 heteroatoms. The van der Waals surface area contributed by atoms with Crippen LogP contribution in [-0.2, 0) is 9.53 Å². The molecule has 0 saturated heterocycles. The van der Waals surface area contributed by atoms with E-state index in [1.54, 1.807) is 6.92 Å². The molecule has 1 N–H and O–H groups in total. The summed E-state index contributed by atoms with van der Waals surface area (Å²) in [6.45, 7) is 6.02. The highest BCUT2D eigenvalue weighted by Gasteiger charge is 2.27. The molecule has 0 amide bonds. The van der Waals surface area contributed by atoms with Gasteiger partial charge in [-0.25, -0.2) is 4.79 Å².